The van der Waals surface area contributed by atoms with Gasteiger partial charge in [0.15, 0.2) is 0 Å². The quantitative estimate of drug-likeness (QED) is 0.595. The Balaban J connectivity index is 1.68. The molecule has 0 radical (unpaired) electrons. The van der Waals surface area contributed by atoms with Crippen LogP contribution in [0, 0.1) is 6.92 Å². The number of nitrogens with zero attached hydrogens (tertiary/aromatic N) is 2. The average molecular weight is 378 g/mol. The molecule has 2 aromatic heterocycles. The largest absolute Gasteiger partial charge is 0.467 e. The molecular formula is C22H26N4O2. The predicted octanol–water partition coefficient (Wildman–Crippen LogP) is 4.69. The highest BCUT2D eigenvalue weighted by Crippen LogP contribution is 2.23. The van der Waals surface area contributed by atoms with E-state index in [1.165, 1.54) is 0 Å². The summed E-state index contributed by atoms with van der Waals surface area (Å²) in [6, 6.07) is 11.6. The second kappa shape index (κ2) is 9.08. The highest BCUT2D eigenvalue weighted by Gasteiger charge is 2.11. The van der Waals surface area contributed by atoms with Gasteiger partial charge in [-0.2, -0.15) is 0 Å². The fourth-order valence-electron chi connectivity index (χ4n) is 3.03. The van der Waals surface area contributed by atoms with Crippen molar-refractivity contribution in [3.63, 3.8) is 0 Å². The van der Waals surface area contributed by atoms with Crippen LogP contribution in [0.15, 0.2) is 59.5 Å². The van der Waals surface area contributed by atoms with E-state index < -0.39 is 0 Å². The van der Waals surface area contributed by atoms with E-state index in [4.69, 9.17) is 4.42 Å². The molecule has 1 aromatic carbocycles. The van der Waals surface area contributed by atoms with Gasteiger partial charge in [-0.15, -0.1) is 0 Å². The molecule has 0 spiro atoms. The Labute approximate surface area is 165 Å². The topological polar surface area (TPSA) is 70.4 Å². The van der Waals surface area contributed by atoms with Crippen molar-refractivity contribution in [3.05, 3.63) is 71.9 Å². The van der Waals surface area contributed by atoms with Crippen LogP contribution in [0.4, 0.5) is 17.1 Å². The molecule has 0 bridgehead atoms. The Hall–Kier alpha value is -3.28. The Bertz CT molecular complexity index is 918. The number of pyridine rings is 1. The maximum Gasteiger partial charge on any atom is 0.257 e. The molecule has 2 heterocycles. The lowest BCUT2D eigenvalue weighted by Crippen LogP contribution is -2.22. The first-order chi connectivity index (χ1) is 13.6. The van der Waals surface area contributed by atoms with Crippen LogP contribution in [-0.4, -0.2) is 24.0 Å². The van der Waals surface area contributed by atoms with Gasteiger partial charge in [0, 0.05) is 36.9 Å². The number of rotatable bonds is 8. The Morgan fingerprint density at radius 1 is 1.14 bits per heavy atom. The molecule has 6 heteroatoms. The fourth-order valence-corrected chi connectivity index (χ4v) is 3.03. The smallest absolute Gasteiger partial charge is 0.257 e. The SMILES string of the molecule is CCN(CC)c1ccc(NC(=O)c2cncc(NCc3ccco3)c2)c(C)c1. The average Bonchev–Trinajstić information content (AvgIpc) is 3.23. The predicted molar refractivity (Wildman–Crippen MR) is 113 cm³/mol. The van der Waals surface area contributed by atoms with Crippen molar-refractivity contribution in [2.45, 2.75) is 27.3 Å². The molecule has 146 valence electrons. The minimum absolute atomic E-state index is 0.187. The van der Waals surface area contributed by atoms with E-state index in [0.717, 1.165) is 41.5 Å². The number of benzene rings is 1. The molecule has 0 aliphatic carbocycles. The number of carbonyl (C=O) groups is 1. The van der Waals surface area contributed by atoms with E-state index >= 15 is 0 Å². The van der Waals surface area contributed by atoms with Crippen molar-refractivity contribution in [3.8, 4) is 0 Å². The zero-order chi connectivity index (χ0) is 19.9. The van der Waals surface area contributed by atoms with Crippen molar-refractivity contribution in [1.82, 2.24) is 4.98 Å². The second-order valence-electron chi connectivity index (χ2n) is 6.52. The van der Waals surface area contributed by atoms with Crippen LogP contribution in [0.2, 0.25) is 0 Å². The molecule has 0 atom stereocenters. The van der Waals surface area contributed by atoms with Crippen molar-refractivity contribution in [1.29, 1.82) is 0 Å². The number of hydrogen-bond donors (Lipinski definition) is 2. The minimum Gasteiger partial charge on any atom is -0.467 e. The highest BCUT2D eigenvalue weighted by atomic mass is 16.3. The van der Waals surface area contributed by atoms with E-state index in [2.05, 4.69) is 40.4 Å². The number of aryl methyl sites for hydroxylation is 1. The Morgan fingerprint density at radius 3 is 2.64 bits per heavy atom. The number of hydrogen-bond acceptors (Lipinski definition) is 5. The van der Waals surface area contributed by atoms with Crippen LogP contribution in [0.5, 0.6) is 0 Å². The number of anilines is 3. The van der Waals surface area contributed by atoms with Gasteiger partial charge in [-0.3, -0.25) is 9.78 Å². The van der Waals surface area contributed by atoms with Gasteiger partial charge < -0.3 is 20.0 Å². The normalized spacial score (nSPS) is 10.5. The van der Waals surface area contributed by atoms with E-state index in [-0.39, 0.29) is 5.91 Å². The third-order valence-corrected chi connectivity index (χ3v) is 4.63. The van der Waals surface area contributed by atoms with Crippen molar-refractivity contribution >= 4 is 23.0 Å². The molecule has 2 N–H and O–H groups in total. The van der Waals surface area contributed by atoms with Gasteiger partial charge in [0.1, 0.15) is 5.76 Å². The van der Waals surface area contributed by atoms with Gasteiger partial charge in [-0.05, 0) is 62.7 Å². The fraction of sp³-hybridized carbons (Fsp3) is 0.273. The van der Waals surface area contributed by atoms with Crippen LogP contribution in [0.3, 0.4) is 0 Å². The van der Waals surface area contributed by atoms with Gasteiger partial charge in [0.25, 0.3) is 5.91 Å². The summed E-state index contributed by atoms with van der Waals surface area (Å²) in [5.41, 5.74) is 4.24. The number of carbonyl (C=O) groups excluding carboxylic acids is 1. The summed E-state index contributed by atoms with van der Waals surface area (Å²) in [6.07, 6.45) is 4.88. The lowest BCUT2D eigenvalue weighted by molar-refractivity contribution is 0.102. The molecule has 1 amide bonds. The third-order valence-electron chi connectivity index (χ3n) is 4.63. The van der Waals surface area contributed by atoms with Crippen molar-refractivity contribution in [2.24, 2.45) is 0 Å². The molecule has 0 saturated heterocycles. The lowest BCUT2D eigenvalue weighted by atomic mass is 10.1. The van der Waals surface area contributed by atoms with Gasteiger partial charge in [0.05, 0.1) is 24.1 Å². The molecule has 0 unspecified atom stereocenters. The molecule has 6 nitrogen and oxygen atoms in total. The van der Waals surface area contributed by atoms with E-state index in [1.54, 1.807) is 24.7 Å². The van der Waals surface area contributed by atoms with Gasteiger partial charge in [0.2, 0.25) is 0 Å². The third kappa shape index (κ3) is 4.71. The Kier molecular flexibility index (Phi) is 6.32. The van der Waals surface area contributed by atoms with Gasteiger partial charge in [-0.1, -0.05) is 0 Å². The number of aromatic nitrogens is 1. The van der Waals surface area contributed by atoms with E-state index in [9.17, 15) is 4.79 Å². The summed E-state index contributed by atoms with van der Waals surface area (Å²) in [6.45, 7) is 8.70. The van der Waals surface area contributed by atoms with E-state index in [1.807, 2.05) is 31.2 Å². The summed E-state index contributed by atoms with van der Waals surface area (Å²) < 4.78 is 5.30. The van der Waals surface area contributed by atoms with Crippen LogP contribution >= 0.6 is 0 Å². The number of furan rings is 1. The molecule has 28 heavy (non-hydrogen) atoms. The minimum atomic E-state index is -0.187. The van der Waals surface area contributed by atoms with Crippen LogP contribution in [-0.2, 0) is 6.54 Å². The maximum absolute atomic E-state index is 12.7. The Morgan fingerprint density at radius 2 is 1.96 bits per heavy atom. The van der Waals surface area contributed by atoms with Crippen molar-refractivity contribution in [2.75, 3.05) is 28.6 Å². The zero-order valence-corrected chi connectivity index (χ0v) is 16.5. The number of amides is 1. The molecule has 0 saturated carbocycles. The van der Waals surface area contributed by atoms with Crippen LogP contribution in [0.1, 0.15) is 35.5 Å². The standard InChI is InChI=1S/C22H26N4O2/c1-4-26(5-2)19-8-9-21(16(3)11-19)25-22(27)17-12-18(14-23-13-17)24-15-20-7-6-10-28-20/h6-14,24H,4-5,15H2,1-3H3,(H,25,27). The molecule has 0 aliphatic rings. The molecule has 3 aromatic rings. The summed E-state index contributed by atoms with van der Waals surface area (Å²) >= 11 is 0. The lowest BCUT2D eigenvalue weighted by Gasteiger charge is -2.22. The van der Waals surface area contributed by atoms with E-state index in [0.29, 0.717) is 12.1 Å². The highest BCUT2D eigenvalue weighted by molar-refractivity contribution is 6.05. The second-order valence-corrected chi connectivity index (χ2v) is 6.52. The van der Waals surface area contributed by atoms with Gasteiger partial charge in [-0.25, -0.2) is 0 Å². The monoisotopic (exact) mass is 378 g/mol. The first-order valence-electron chi connectivity index (χ1n) is 9.49. The maximum atomic E-state index is 12.7. The first-order valence-corrected chi connectivity index (χ1v) is 9.49. The molecule has 0 aliphatic heterocycles. The molecular weight excluding hydrogens is 352 g/mol. The summed E-state index contributed by atoms with van der Waals surface area (Å²) in [4.78, 5) is 19.1. The van der Waals surface area contributed by atoms with Gasteiger partial charge >= 0.3 is 0 Å². The molecule has 0 fully saturated rings. The first kappa shape index (κ1) is 19.5. The summed E-state index contributed by atoms with van der Waals surface area (Å²) in [7, 11) is 0. The summed E-state index contributed by atoms with van der Waals surface area (Å²) in [5, 5.41) is 6.19. The summed E-state index contributed by atoms with van der Waals surface area (Å²) in [5.74, 6) is 0.631. The zero-order valence-electron chi connectivity index (χ0n) is 16.5. The van der Waals surface area contributed by atoms with Crippen LogP contribution in [0.25, 0.3) is 0 Å². The van der Waals surface area contributed by atoms with Crippen LogP contribution < -0.4 is 15.5 Å². The number of nitrogens with one attached hydrogen (secondary N) is 2. The molecule has 3 rings (SSSR count). The van der Waals surface area contributed by atoms with Crippen molar-refractivity contribution < 1.29 is 9.21 Å².